The summed E-state index contributed by atoms with van der Waals surface area (Å²) in [6.07, 6.45) is 1.75. The van der Waals surface area contributed by atoms with Crippen LogP contribution in [-0.2, 0) is 0 Å². The first kappa shape index (κ1) is 13.8. The summed E-state index contributed by atoms with van der Waals surface area (Å²) < 4.78 is 5.05. The lowest BCUT2D eigenvalue weighted by atomic mass is 10.0. The van der Waals surface area contributed by atoms with Gasteiger partial charge in [-0.05, 0) is 28.8 Å². The van der Waals surface area contributed by atoms with Gasteiger partial charge in [0.05, 0.1) is 5.56 Å². The summed E-state index contributed by atoms with van der Waals surface area (Å²) in [6, 6.07) is 13.8. The molecule has 0 aliphatic heterocycles. The van der Waals surface area contributed by atoms with E-state index in [9.17, 15) is 14.7 Å². The van der Waals surface area contributed by atoms with Crippen LogP contribution < -0.4 is 5.63 Å². The van der Waals surface area contributed by atoms with Gasteiger partial charge in [-0.15, -0.1) is 0 Å². The van der Waals surface area contributed by atoms with Crippen molar-refractivity contribution in [2.75, 3.05) is 0 Å². The second-order valence-corrected chi connectivity index (χ2v) is 4.82. The van der Waals surface area contributed by atoms with Gasteiger partial charge in [-0.3, -0.25) is 0 Å². The summed E-state index contributed by atoms with van der Waals surface area (Å²) in [7, 11) is 0. The molecule has 0 fully saturated rings. The average Bonchev–Trinajstić information content (AvgIpc) is 2.53. The van der Waals surface area contributed by atoms with Crippen molar-refractivity contribution in [3.8, 4) is 11.1 Å². The minimum Gasteiger partial charge on any atom is -0.478 e. The van der Waals surface area contributed by atoms with Gasteiger partial charge in [0.2, 0.25) is 0 Å². The first-order chi connectivity index (χ1) is 10.6. The van der Waals surface area contributed by atoms with E-state index in [0.717, 1.165) is 22.8 Å². The van der Waals surface area contributed by atoms with Gasteiger partial charge < -0.3 is 9.52 Å². The Hall–Kier alpha value is -3.14. The lowest BCUT2D eigenvalue weighted by Crippen LogP contribution is -2.05. The molecule has 0 aliphatic rings. The number of carboxylic acid groups (broad SMARTS) is 1. The smallest absolute Gasteiger partial charge is 0.337 e. The van der Waals surface area contributed by atoms with Gasteiger partial charge in [-0.1, -0.05) is 43.0 Å². The fourth-order valence-corrected chi connectivity index (χ4v) is 2.33. The molecule has 1 heterocycles. The molecule has 4 heteroatoms. The van der Waals surface area contributed by atoms with Crippen LogP contribution in [0.25, 0.3) is 28.2 Å². The molecule has 2 aromatic carbocycles. The zero-order chi connectivity index (χ0) is 15.7. The Morgan fingerprint density at radius 1 is 1.05 bits per heavy atom. The van der Waals surface area contributed by atoms with E-state index in [0.29, 0.717) is 5.39 Å². The molecule has 1 N–H and O–H groups in total. The molecule has 0 atom stereocenters. The molecular weight excluding hydrogens is 280 g/mol. The molecule has 3 rings (SSSR count). The zero-order valence-corrected chi connectivity index (χ0v) is 11.6. The largest absolute Gasteiger partial charge is 0.478 e. The van der Waals surface area contributed by atoms with Crippen molar-refractivity contribution in [2.45, 2.75) is 0 Å². The highest BCUT2D eigenvalue weighted by Gasteiger charge is 2.12. The number of benzene rings is 2. The maximum absolute atomic E-state index is 11.4. The van der Waals surface area contributed by atoms with Crippen molar-refractivity contribution in [3.63, 3.8) is 0 Å². The van der Waals surface area contributed by atoms with Crippen LogP contribution in [0.15, 0.2) is 64.3 Å². The topological polar surface area (TPSA) is 67.5 Å². The fraction of sp³-hybridized carbons (Fsp3) is 0. The zero-order valence-electron chi connectivity index (χ0n) is 11.6. The summed E-state index contributed by atoms with van der Waals surface area (Å²) in [4.78, 5) is 22.7. The van der Waals surface area contributed by atoms with Gasteiger partial charge in [-0.2, -0.15) is 0 Å². The molecule has 3 aromatic rings. The van der Waals surface area contributed by atoms with Crippen molar-refractivity contribution >= 4 is 23.0 Å². The van der Waals surface area contributed by atoms with Gasteiger partial charge in [0, 0.05) is 11.5 Å². The van der Waals surface area contributed by atoms with E-state index in [-0.39, 0.29) is 11.1 Å². The quantitative estimate of drug-likeness (QED) is 0.745. The molecule has 0 spiro atoms. The van der Waals surface area contributed by atoms with Crippen LogP contribution in [0.4, 0.5) is 0 Å². The predicted molar refractivity (Wildman–Crippen MR) is 85.0 cm³/mol. The van der Waals surface area contributed by atoms with Crippen LogP contribution >= 0.6 is 0 Å². The van der Waals surface area contributed by atoms with E-state index in [1.807, 2.05) is 24.3 Å². The summed E-state index contributed by atoms with van der Waals surface area (Å²) in [6.45, 7) is 3.71. The third-order valence-electron chi connectivity index (χ3n) is 3.45. The lowest BCUT2D eigenvalue weighted by molar-refractivity contribution is 0.0698. The lowest BCUT2D eigenvalue weighted by Gasteiger charge is -2.06. The number of hydrogen-bond donors (Lipinski definition) is 1. The molecule has 0 radical (unpaired) electrons. The van der Waals surface area contributed by atoms with Crippen molar-refractivity contribution in [2.24, 2.45) is 0 Å². The maximum atomic E-state index is 11.4. The van der Waals surface area contributed by atoms with Gasteiger partial charge in [0.25, 0.3) is 0 Å². The van der Waals surface area contributed by atoms with E-state index in [2.05, 4.69) is 6.58 Å². The number of rotatable bonds is 3. The van der Waals surface area contributed by atoms with Crippen molar-refractivity contribution < 1.29 is 14.3 Å². The Morgan fingerprint density at radius 3 is 2.36 bits per heavy atom. The van der Waals surface area contributed by atoms with Gasteiger partial charge in [-0.25, -0.2) is 9.59 Å². The first-order valence-corrected chi connectivity index (χ1v) is 6.62. The molecule has 0 saturated heterocycles. The van der Waals surface area contributed by atoms with Gasteiger partial charge in [0.15, 0.2) is 0 Å². The van der Waals surface area contributed by atoms with Gasteiger partial charge in [0.1, 0.15) is 5.58 Å². The normalized spacial score (nSPS) is 10.5. The Morgan fingerprint density at radius 2 is 1.73 bits per heavy atom. The predicted octanol–water partition coefficient (Wildman–Crippen LogP) is 3.80. The van der Waals surface area contributed by atoms with Crippen LogP contribution in [0.5, 0.6) is 0 Å². The standard InChI is InChI=1S/C18H12O4/c1-2-11-3-5-12(6-4-11)13-7-8-16-14(9-13)15(18(20)21)10-17(19)22-16/h2-10H,1H2,(H,20,21). The highest BCUT2D eigenvalue weighted by molar-refractivity contribution is 6.02. The Bertz CT molecular complexity index is 933. The molecule has 0 amide bonds. The fourth-order valence-electron chi connectivity index (χ4n) is 2.33. The van der Waals surface area contributed by atoms with Gasteiger partial charge >= 0.3 is 11.6 Å². The van der Waals surface area contributed by atoms with E-state index >= 15 is 0 Å². The molecule has 108 valence electrons. The van der Waals surface area contributed by atoms with Crippen LogP contribution in [0, 0.1) is 0 Å². The summed E-state index contributed by atoms with van der Waals surface area (Å²) in [5.74, 6) is -1.16. The monoisotopic (exact) mass is 292 g/mol. The van der Waals surface area contributed by atoms with Crippen molar-refractivity contribution in [1.82, 2.24) is 0 Å². The SMILES string of the molecule is C=Cc1ccc(-c2ccc3oc(=O)cc(C(=O)O)c3c2)cc1. The molecule has 4 nitrogen and oxygen atoms in total. The third-order valence-corrected chi connectivity index (χ3v) is 3.45. The van der Waals surface area contributed by atoms with E-state index in [1.54, 1.807) is 24.3 Å². The second kappa shape index (κ2) is 5.33. The molecule has 0 bridgehead atoms. The molecule has 0 saturated carbocycles. The van der Waals surface area contributed by atoms with Crippen molar-refractivity contribution in [1.29, 1.82) is 0 Å². The van der Waals surface area contributed by atoms with Crippen LogP contribution in [0.1, 0.15) is 15.9 Å². The number of aromatic carboxylic acids is 1. The molecule has 22 heavy (non-hydrogen) atoms. The van der Waals surface area contributed by atoms with Crippen molar-refractivity contribution in [3.05, 3.63) is 76.7 Å². The Labute approximate surface area is 125 Å². The highest BCUT2D eigenvalue weighted by atomic mass is 16.4. The molecular formula is C18H12O4. The molecule has 0 aliphatic carbocycles. The third kappa shape index (κ3) is 2.42. The van der Waals surface area contributed by atoms with Crippen LogP contribution in [0.2, 0.25) is 0 Å². The number of hydrogen-bond acceptors (Lipinski definition) is 3. The molecule has 1 aromatic heterocycles. The summed E-state index contributed by atoms with van der Waals surface area (Å²) in [5, 5.41) is 9.65. The maximum Gasteiger partial charge on any atom is 0.337 e. The first-order valence-electron chi connectivity index (χ1n) is 6.62. The summed E-state index contributed by atoms with van der Waals surface area (Å²) in [5.41, 5.74) is 2.32. The molecule has 0 unspecified atom stereocenters. The highest BCUT2D eigenvalue weighted by Crippen LogP contribution is 2.26. The van der Waals surface area contributed by atoms with Crippen LogP contribution in [0.3, 0.4) is 0 Å². The second-order valence-electron chi connectivity index (χ2n) is 4.82. The number of carbonyl (C=O) groups is 1. The number of carboxylic acids is 1. The van der Waals surface area contributed by atoms with E-state index in [4.69, 9.17) is 4.42 Å². The van der Waals surface area contributed by atoms with E-state index in [1.165, 1.54) is 0 Å². The number of fused-ring (bicyclic) bond motifs is 1. The minimum atomic E-state index is -1.16. The minimum absolute atomic E-state index is 0.0594. The Kier molecular flexibility index (Phi) is 3.35. The van der Waals surface area contributed by atoms with Crippen LogP contribution in [-0.4, -0.2) is 11.1 Å². The average molecular weight is 292 g/mol. The Balaban J connectivity index is 2.21. The van der Waals surface area contributed by atoms with E-state index < -0.39 is 11.6 Å². The summed E-state index contributed by atoms with van der Waals surface area (Å²) >= 11 is 0.